The third kappa shape index (κ3) is 3.62. The van der Waals surface area contributed by atoms with Crippen LogP contribution in [0.2, 0.25) is 0 Å². The quantitative estimate of drug-likeness (QED) is 0.891. The lowest BCUT2D eigenvalue weighted by Crippen LogP contribution is -2.34. The molecule has 0 radical (unpaired) electrons. The predicted molar refractivity (Wildman–Crippen MR) is 78.6 cm³/mol. The number of aromatic nitrogens is 1. The standard InChI is InChI=1S/C13H16N2O2S2/c1-8(2)10(16)5-14-12(17)11-6-15-13(19-11)9-3-4-18-7-9/h3-4,6-8,10,16H,5H2,1-2H3,(H,14,17). The van der Waals surface area contributed by atoms with Gasteiger partial charge in [0.05, 0.1) is 12.3 Å². The summed E-state index contributed by atoms with van der Waals surface area (Å²) in [6.07, 6.45) is 1.06. The van der Waals surface area contributed by atoms with Crippen LogP contribution in [-0.4, -0.2) is 28.6 Å². The summed E-state index contributed by atoms with van der Waals surface area (Å²) < 4.78 is 0. The Hall–Kier alpha value is -1.24. The second-order valence-electron chi connectivity index (χ2n) is 4.56. The van der Waals surface area contributed by atoms with Crippen molar-refractivity contribution in [2.24, 2.45) is 5.92 Å². The number of carbonyl (C=O) groups is 1. The maximum absolute atomic E-state index is 11.9. The number of aliphatic hydroxyl groups excluding tert-OH is 1. The van der Waals surface area contributed by atoms with Crippen molar-refractivity contribution in [3.63, 3.8) is 0 Å². The van der Waals surface area contributed by atoms with Gasteiger partial charge in [-0.1, -0.05) is 13.8 Å². The molecule has 1 atom stereocenters. The smallest absolute Gasteiger partial charge is 0.263 e. The molecular formula is C13H16N2O2S2. The highest BCUT2D eigenvalue weighted by Gasteiger charge is 2.14. The van der Waals surface area contributed by atoms with Crippen molar-refractivity contribution in [2.75, 3.05) is 6.54 Å². The van der Waals surface area contributed by atoms with E-state index in [4.69, 9.17) is 0 Å². The average Bonchev–Trinajstić information content (AvgIpc) is 3.04. The molecule has 0 aliphatic heterocycles. The van der Waals surface area contributed by atoms with Gasteiger partial charge in [0.2, 0.25) is 0 Å². The highest BCUT2D eigenvalue weighted by Crippen LogP contribution is 2.26. The number of nitrogens with zero attached hydrogens (tertiary/aromatic N) is 1. The first kappa shape index (κ1) is 14.2. The van der Waals surface area contributed by atoms with Gasteiger partial charge in [-0.25, -0.2) is 4.98 Å². The van der Waals surface area contributed by atoms with Crippen molar-refractivity contribution in [3.05, 3.63) is 27.9 Å². The average molecular weight is 296 g/mol. The summed E-state index contributed by atoms with van der Waals surface area (Å²) >= 11 is 2.96. The molecule has 2 aromatic rings. The largest absolute Gasteiger partial charge is 0.391 e. The molecule has 2 rings (SSSR count). The molecule has 1 amide bonds. The van der Waals surface area contributed by atoms with E-state index in [9.17, 15) is 9.90 Å². The molecule has 2 aromatic heterocycles. The van der Waals surface area contributed by atoms with Gasteiger partial charge in [-0.05, 0) is 17.4 Å². The summed E-state index contributed by atoms with van der Waals surface area (Å²) in [6, 6.07) is 1.98. The molecule has 1 unspecified atom stereocenters. The summed E-state index contributed by atoms with van der Waals surface area (Å²) in [5.41, 5.74) is 1.04. The lowest BCUT2D eigenvalue weighted by molar-refractivity contribution is 0.0875. The van der Waals surface area contributed by atoms with Crippen LogP contribution < -0.4 is 5.32 Å². The maximum atomic E-state index is 11.9. The summed E-state index contributed by atoms with van der Waals surface area (Å²) in [7, 11) is 0. The third-order valence-electron chi connectivity index (χ3n) is 2.74. The molecule has 0 saturated heterocycles. The highest BCUT2D eigenvalue weighted by molar-refractivity contribution is 7.17. The lowest BCUT2D eigenvalue weighted by Gasteiger charge is -2.14. The van der Waals surface area contributed by atoms with E-state index in [1.807, 2.05) is 30.7 Å². The first-order valence-corrected chi connectivity index (χ1v) is 7.78. The molecule has 19 heavy (non-hydrogen) atoms. The van der Waals surface area contributed by atoms with Crippen LogP contribution in [0, 0.1) is 5.92 Å². The fraction of sp³-hybridized carbons (Fsp3) is 0.385. The van der Waals surface area contributed by atoms with Gasteiger partial charge in [0.25, 0.3) is 5.91 Å². The Kier molecular flexibility index (Phi) is 4.68. The minimum atomic E-state index is -0.520. The van der Waals surface area contributed by atoms with E-state index >= 15 is 0 Å². The molecular weight excluding hydrogens is 280 g/mol. The van der Waals surface area contributed by atoms with Gasteiger partial charge in [0.15, 0.2) is 0 Å². The Bertz CT molecular complexity index is 535. The van der Waals surface area contributed by atoms with Crippen LogP contribution in [-0.2, 0) is 0 Å². The van der Waals surface area contributed by atoms with Crippen LogP contribution in [0.25, 0.3) is 10.6 Å². The highest BCUT2D eigenvalue weighted by atomic mass is 32.1. The van der Waals surface area contributed by atoms with Crippen molar-refractivity contribution < 1.29 is 9.90 Å². The van der Waals surface area contributed by atoms with Crippen LogP contribution in [0.5, 0.6) is 0 Å². The van der Waals surface area contributed by atoms with Gasteiger partial charge in [-0.3, -0.25) is 4.79 Å². The molecule has 0 aliphatic rings. The molecule has 102 valence electrons. The summed E-state index contributed by atoms with van der Waals surface area (Å²) in [5.74, 6) is -0.0539. The van der Waals surface area contributed by atoms with Crippen molar-refractivity contribution in [1.29, 1.82) is 0 Å². The third-order valence-corrected chi connectivity index (χ3v) is 4.47. The fourth-order valence-corrected chi connectivity index (χ4v) is 2.96. The maximum Gasteiger partial charge on any atom is 0.263 e. The zero-order valence-electron chi connectivity index (χ0n) is 10.8. The van der Waals surface area contributed by atoms with Gasteiger partial charge >= 0.3 is 0 Å². The minimum absolute atomic E-state index is 0.128. The van der Waals surface area contributed by atoms with Crippen molar-refractivity contribution in [1.82, 2.24) is 10.3 Å². The van der Waals surface area contributed by atoms with Crippen molar-refractivity contribution in [3.8, 4) is 10.6 Å². The zero-order chi connectivity index (χ0) is 13.8. The Labute approximate surface area is 120 Å². The number of rotatable bonds is 5. The Balaban J connectivity index is 1.97. The van der Waals surface area contributed by atoms with Crippen LogP contribution in [0.1, 0.15) is 23.5 Å². The van der Waals surface area contributed by atoms with E-state index in [2.05, 4.69) is 10.3 Å². The first-order valence-electron chi connectivity index (χ1n) is 6.02. The van der Waals surface area contributed by atoms with E-state index < -0.39 is 6.10 Å². The zero-order valence-corrected chi connectivity index (χ0v) is 12.4. The SMILES string of the molecule is CC(C)C(O)CNC(=O)c1cnc(-c2ccsc2)s1. The second-order valence-corrected chi connectivity index (χ2v) is 6.37. The molecule has 0 saturated carbocycles. The number of thiazole rings is 1. The number of amides is 1. The predicted octanol–water partition coefficient (Wildman–Crippen LogP) is 2.62. The van der Waals surface area contributed by atoms with E-state index in [1.54, 1.807) is 17.5 Å². The Morgan fingerprint density at radius 3 is 2.95 bits per heavy atom. The van der Waals surface area contributed by atoms with Gasteiger partial charge in [-0.15, -0.1) is 11.3 Å². The van der Waals surface area contributed by atoms with Crippen LogP contribution in [0.15, 0.2) is 23.0 Å². The van der Waals surface area contributed by atoms with Crippen LogP contribution in [0.3, 0.4) is 0 Å². The van der Waals surface area contributed by atoms with Crippen molar-refractivity contribution in [2.45, 2.75) is 20.0 Å². The Morgan fingerprint density at radius 2 is 2.32 bits per heavy atom. The lowest BCUT2D eigenvalue weighted by atomic mass is 10.1. The van der Waals surface area contributed by atoms with Crippen LogP contribution >= 0.6 is 22.7 Å². The molecule has 0 fully saturated rings. The van der Waals surface area contributed by atoms with Gasteiger partial charge < -0.3 is 10.4 Å². The number of hydrogen-bond donors (Lipinski definition) is 2. The number of carbonyl (C=O) groups excluding carboxylic acids is 1. The number of nitrogens with one attached hydrogen (secondary N) is 1. The topological polar surface area (TPSA) is 62.2 Å². The van der Waals surface area contributed by atoms with Gasteiger partial charge in [0.1, 0.15) is 9.88 Å². The normalized spacial score (nSPS) is 12.6. The Morgan fingerprint density at radius 1 is 1.53 bits per heavy atom. The molecule has 0 aromatic carbocycles. The monoisotopic (exact) mass is 296 g/mol. The van der Waals surface area contributed by atoms with Crippen molar-refractivity contribution >= 4 is 28.6 Å². The second kappa shape index (κ2) is 6.27. The van der Waals surface area contributed by atoms with E-state index in [1.165, 1.54) is 11.3 Å². The number of aliphatic hydroxyl groups is 1. The molecule has 0 spiro atoms. The summed E-state index contributed by atoms with van der Waals surface area (Å²) in [5, 5.41) is 17.2. The molecule has 0 bridgehead atoms. The molecule has 6 heteroatoms. The molecule has 0 aliphatic carbocycles. The fourth-order valence-electron chi connectivity index (χ4n) is 1.42. The van der Waals surface area contributed by atoms with E-state index in [0.717, 1.165) is 10.6 Å². The van der Waals surface area contributed by atoms with Gasteiger partial charge in [-0.2, -0.15) is 11.3 Å². The molecule has 2 heterocycles. The number of thiophene rings is 1. The minimum Gasteiger partial charge on any atom is -0.391 e. The molecule has 4 nitrogen and oxygen atoms in total. The van der Waals surface area contributed by atoms with Gasteiger partial charge in [0, 0.05) is 17.5 Å². The molecule has 2 N–H and O–H groups in total. The summed E-state index contributed by atoms with van der Waals surface area (Å²) in [6.45, 7) is 4.10. The first-order chi connectivity index (χ1) is 9.08. The van der Waals surface area contributed by atoms with Crippen LogP contribution in [0.4, 0.5) is 0 Å². The van der Waals surface area contributed by atoms with E-state index in [0.29, 0.717) is 4.88 Å². The van der Waals surface area contributed by atoms with E-state index in [-0.39, 0.29) is 18.4 Å². The number of hydrogen-bond acceptors (Lipinski definition) is 5. The summed E-state index contributed by atoms with van der Waals surface area (Å²) in [4.78, 5) is 16.7.